The van der Waals surface area contributed by atoms with Gasteiger partial charge < -0.3 is 4.74 Å². The van der Waals surface area contributed by atoms with Crippen molar-refractivity contribution >= 4 is 46.1 Å². The van der Waals surface area contributed by atoms with Crippen molar-refractivity contribution in [1.82, 2.24) is 4.90 Å². The van der Waals surface area contributed by atoms with Crippen molar-refractivity contribution in [2.24, 2.45) is 0 Å². The molecule has 0 saturated carbocycles. The Morgan fingerprint density at radius 1 is 1.10 bits per heavy atom. The number of nitro groups is 2. The number of imide groups is 1. The molecule has 0 bridgehead atoms. The van der Waals surface area contributed by atoms with Crippen LogP contribution in [0.4, 0.5) is 16.2 Å². The predicted octanol–water partition coefficient (Wildman–Crippen LogP) is 3.43. The normalized spacial score (nSPS) is 14.7. The lowest BCUT2D eigenvalue weighted by Gasteiger charge is -2.11. The minimum absolute atomic E-state index is 0.000893. The van der Waals surface area contributed by atoms with Gasteiger partial charge in [0.25, 0.3) is 16.8 Å². The molecule has 158 valence electrons. The van der Waals surface area contributed by atoms with E-state index in [1.54, 1.807) is 0 Å². The molecule has 0 unspecified atom stereocenters. The van der Waals surface area contributed by atoms with Gasteiger partial charge in [0.2, 0.25) is 0 Å². The number of carbonyl (C=O) groups excluding carboxylic acids is 3. The third-order valence-electron chi connectivity index (χ3n) is 4.27. The van der Waals surface area contributed by atoms with Crippen molar-refractivity contribution in [3.05, 3.63) is 78.7 Å². The summed E-state index contributed by atoms with van der Waals surface area (Å²) in [7, 11) is 1.29. The van der Waals surface area contributed by atoms with Gasteiger partial charge in [0.1, 0.15) is 0 Å². The van der Waals surface area contributed by atoms with E-state index >= 15 is 0 Å². The molecule has 1 fully saturated rings. The Labute approximate surface area is 178 Å². The molecule has 12 heteroatoms. The Balaban J connectivity index is 1.79. The average molecular weight is 443 g/mol. The van der Waals surface area contributed by atoms with Crippen LogP contribution in [0, 0.1) is 20.2 Å². The number of amides is 2. The molecule has 0 atom stereocenters. The van der Waals surface area contributed by atoms with Gasteiger partial charge in [0, 0.05) is 23.8 Å². The number of non-ortho nitro benzene ring substituents is 1. The van der Waals surface area contributed by atoms with Crippen LogP contribution >= 0.6 is 11.8 Å². The van der Waals surface area contributed by atoms with E-state index in [4.69, 9.17) is 4.74 Å². The number of ketones is 1. The molecule has 0 aliphatic carbocycles. The topological polar surface area (TPSA) is 150 Å². The molecular formula is C19H13N3O8S. The summed E-state index contributed by atoms with van der Waals surface area (Å²) in [6.07, 6.45) is 1.31. The Morgan fingerprint density at radius 2 is 1.77 bits per heavy atom. The zero-order valence-corrected chi connectivity index (χ0v) is 16.7. The van der Waals surface area contributed by atoms with Crippen LogP contribution < -0.4 is 4.74 Å². The second-order valence-electron chi connectivity index (χ2n) is 6.18. The molecule has 11 nitrogen and oxygen atoms in total. The first-order valence-corrected chi connectivity index (χ1v) is 9.38. The van der Waals surface area contributed by atoms with Crippen LogP contribution in [0.3, 0.4) is 0 Å². The highest BCUT2D eigenvalue weighted by molar-refractivity contribution is 8.18. The summed E-state index contributed by atoms with van der Waals surface area (Å²) >= 11 is 0.600. The Morgan fingerprint density at radius 3 is 2.35 bits per heavy atom. The lowest BCUT2D eigenvalue weighted by atomic mass is 10.1. The van der Waals surface area contributed by atoms with Crippen LogP contribution in [0.25, 0.3) is 6.08 Å². The maximum absolute atomic E-state index is 12.6. The Hall–Kier alpha value is -4.06. The minimum atomic E-state index is -0.719. The Kier molecular flexibility index (Phi) is 6.11. The van der Waals surface area contributed by atoms with Gasteiger partial charge in [-0.05, 0) is 41.6 Å². The largest absolute Gasteiger partial charge is 0.490 e. The number of methoxy groups -OCH3 is 1. The SMILES string of the molecule is COc1ccc(/C=C2/SC(=O)N(CC(=O)c3ccc([N+](=O)[O-])cc3)C2=O)cc1[N+](=O)[O-]. The van der Waals surface area contributed by atoms with Gasteiger partial charge in [-0.15, -0.1) is 0 Å². The second-order valence-corrected chi connectivity index (χ2v) is 7.18. The molecule has 0 spiro atoms. The number of hydrogen-bond acceptors (Lipinski definition) is 9. The fourth-order valence-electron chi connectivity index (χ4n) is 2.73. The van der Waals surface area contributed by atoms with E-state index in [1.807, 2.05) is 0 Å². The van der Waals surface area contributed by atoms with E-state index in [0.29, 0.717) is 17.3 Å². The van der Waals surface area contributed by atoms with Crippen LogP contribution in [-0.4, -0.2) is 45.3 Å². The van der Waals surface area contributed by atoms with Gasteiger partial charge in [-0.3, -0.25) is 39.5 Å². The first kappa shape index (κ1) is 21.6. The first-order chi connectivity index (χ1) is 14.7. The zero-order chi connectivity index (χ0) is 22.7. The van der Waals surface area contributed by atoms with Gasteiger partial charge >= 0.3 is 5.69 Å². The zero-order valence-electron chi connectivity index (χ0n) is 15.8. The van der Waals surface area contributed by atoms with Crippen LogP contribution in [0.2, 0.25) is 0 Å². The van der Waals surface area contributed by atoms with Gasteiger partial charge in [0.15, 0.2) is 11.5 Å². The summed E-state index contributed by atoms with van der Waals surface area (Å²) in [5, 5.41) is 21.2. The number of Topliss-reactive ketones (excluding diaryl/α,β-unsaturated/α-hetero) is 1. The summed E-state index contributed by atoms with van der Waals surface area (Å²) < 4.78 is 4.92. The summed E-state index contributed by atoms with van der Waals surface area (Å²) in [5.74, 6) is -1.24. The highest BCUT2D eigenvalue weighted by Crippen LogP contribution is 2.34. The molecule has 1 saturated heterocycles. The maximum Gasteiger partial charge on any atom is 0.311 e. The third-order valence-corrected chi connectivity index (χ3v) is 5.18. The average Bonchev–Trinajstić information content (AvgIpc) is 3.00. The lowest BCUT2D eigenvalue weighted by molar-refractivity contribution is -0.385. The molecule has 2 amide bonds. The second kappa shape index (κ2) is 8.75. The van der Waals surface area contributed by atoms with Crippen molar-refractivity contribution < 1.29 is 29.0 Å². The monoisotopic (exact) mass is 443 g/mol. The van der Waals surface area contributed by atoms with Crippen molar-refractivity contribution in [3.63, 3.8) is 0 Å². The maximum atomic E-state index is 12.6. The number of nitro benzene ring substituents is 2. The number of rotatable bonds is 7. The van der Waals surface area contributed by atoms with E-state index in [2.05, 4.69) is 0 Å². The van der Waals surface area contributed by atoms with Gasteiger partial charge in [-0.2, -0.15) is 0 Å². The lowest BCUT2D eigenvalue weighted by Crippen LogP contribution is -2.33. The molecule has 31 heavy (non-hydrogen) atoms. The molecule has 0 radical (unpaired) electrons. The summed E-state index contributed by atoms with van der Waals surface area (Å²) in [6, 6.07) is 8.84. The number of nitrogens with zero attached hydrogens (tertiary/aromatic N) is 3. The van der Waals surface area contributed by atoms with Gasteiger partial charge in [-0.1, -0.05) is 6.07 Å². The highest BCUT2D eigenvalue weighted by atomic mass is 32.2. The fourth-order valence-corrected chi connectivity index (χ4v) is 3.57. The molecular weight excluding hydrogens is 430 g/mol. The molecule has 1 aliphatic heterocycles. The minimum Gasteiger partial charge on any atom is -0.490 e. The van der Waals surface area contributed by atoms with E-state index in [-0.39, 0.29) is 27.6 Å². The molecule has 0 N–H and O–H groups in total. The van der Waals surface area contributed by atoms with Crippen LogP contribution in [-0.2, 0) is 4.79 Å². The molecule has 0 aromatic heterocycles. The Bertz CT molecular complexity index is 1140. The van der Waals surface area contributed by atoms with Crippen LogP contribution in [0.1, 0.15) is 15.9 Å². The number of thioether (sulfide) groups is 1. The highest BCUT2D eigenvalue weighted by Gasteiger charge is 2.36. The summed E-state index contributed by atoms with van der Waals surface area (Å²) in [5.41, 5.74) is -0.0813. The van der Waals surface area contributed by atoms with Gasteiger partial charge in [0.05, 0.1) is 28.4 Å². The van der Waals surface area contributed by atoms with Crippen LogP contribution in [0.15, 0.2) is 47.4 Å². The predicted molar refractivity (Wildman–Crippen MR) is 110 cm³/mol. The third kappa shape index (κ3) is 4.59. The quantitative estimate of drug-likeness (QED) is 0.271. The molecule has 1 aliphatic rings. The molecule has 3 rings (SSSR count). The van der Waals surface area contributed by atoms with E-state index in [9.17, 15) is 34.6 Å². The van der Waals surface area contributed by atoms with Crippen molar-refractivity contribution in [2.75, 3.05) is 13.7 Å². The number of benzene rings is 2. The number of carbonyl (C=O) groups is 3. The summed E-state index contributed by atoms with van der Waals surface area (Å²) in [4.78, 5) is 58.6. The van der Waals surface area contributed by atoms with Crippen molar-refractivity contribution in [1.29, 1.82) is 0 Å². The number of hydrogen-bond donors (Lipinski definition) is 0. The smallest absolute Gasteiger partial charge is 0.311 e. The molecule has 2 aromatic rings. The van der Waals surface area contributed by atoms with Gasteiger partial charge in [-0.25, -0.2) is 0 Å². The van der Waals surface area contributed by atoms with Crippen molar-refractivity contribution in [3.8, 4) is 5.75 Å². The molecule has 1 heterocycles. The van der Waals surface area contributed by atoms with E-state index < -0.39 is 33.3 Å². The van der Waals surface area contributed by atoms with E-state index in [0.717, 1.165) is 17.0 Å². The summed E-state index contributed by atoms with van der Waals surface area (Å²) in [6.45, 7) is -0.539. The molecule has 2 aromatic carbocycles. The standard InChI is InChI=1S/C19H13N3O8S/c1-30-16-7-2-11(8-14(16)22(28)29)9-17-18(24)20(19(25)31-17)10-15(23)12-3-5-13(6-4-12)21(26)27/h2-9H,10H2,1H3/b17-9+. The first-order valence-electron chi connectivity index (χ1n) is 8.56. The number of ether oxygens (including phenoxy) is 1. The fraction of sp³-hybridized carbons (Fsp3) is 0.105. The van der Waals surface area contributed by atoms with Crippen molar-refractivity contribution in [2.45, 2.75) is 0 Å². The van der Waals surface area contributed by atoms with Crippen LogP contribution in [0.5, 0.6) is 5.75 Å². The van der Waals surface area contributed by atoms with E-state index in [1.165, 1.54) is 43.5 Å².